The first-order chi connectivity index (χ1) is 16.5. The average molecular weight is 485 g/mol. The van der Waals surface area contributed by atoms with Crippen molar-refractivity contribution in [3.8, 4) is 11.4 Å². The van der Waals surface area contributed by atoms with Gasteiger partial charge in [-0.15, -0.1) is 10.2 Å². The fourth-order valence-corrected chi connectivity index (χ4v) is 7.33. The van der Waals surface area contributed by atoms with Gasteiger partial charge in [0.25, 0.3) is 0 Å². The number of aromatic nitrogens is 3. The molecule has 4 aliphatic rings. The summed E-state index contributed by atoms with van der Waals surface area (Å²) in [5.41, 5.74) is 0.637. The molecule has 0 unspecified atom stereocenters. The first-order valence-electron chi connectivity index (χ1n) is 12.1. The molecule has 0 saturated heterocycles. The maximum atomic E-state index is 13.4. The Hall–Kier alpha value is -2.55. The number of amides is 1. The molecule has 1 aromatic carbocycles. The van der Waals surface area contributed by atoms with Gasteiger partial charge in [-0.3, -0.25) is 14.2 Å². The minimum absolute atomic E-state index is 0.141. The van der Waals surface area contributed by atoms with Crippen LogP contribution in [-0.2, 0) is 20.9 Å². The molecule has 8 nitrogen and oxygen atoms in total. The van der Waals surface area contributed by atoms with Crippen molar-refractivity contribution in [2.75, 3.05) is 19.5 Å². The summed E-state index contributed by atoms with van der Waals surface area (Å²) in [5, 5.41) is 12.5. The largest absolute Gasteiger partial charge is 0.497 e. The van der Waals surface area contributed by atoms with Crippen LogP contribution < -0.4 is 10.1 Å². The normalized spacial score (nSPS) is 26.9. The number of benzene rings is 1. The molecule has 1 amide bonds. The molecule has 4 fully saturated rings. The number of thioether (sulfide) groups is 1. The van der Waals surface area contributed by atoms with Gasteiger partial charge in [-0.2, -0.15) is 0 Å². The van der Waals surface area contributed by atoms with Crippen LogP contribution in [0.3, 0.4) is 0 Å². The highest BCUT2D eigenvalue weighted by Crippen LogP contribution is 2.60. The van der Waals surface area contributed by atoms with Crippen LogP contribution in [0.25, 0.3) is 5.69 Å². The summed E-state index contributed by atoms with van der Waals surface area (Å²) in [4.78, 5) is 25.3. The second-order valence-corrected chi connectivity index (χ2v) is 10.8. The van der Waals surface area contributed by atoms with E-state index in [1.165, 1.54) is 31.0 Å². The maximum Gasteiger partial charge on any atom is 0.316 e. The number of rotatable bonds is 9. The van der Waals surface area contributed by atoms with E-state index in [1.54, 1.807) is 14.0 Å². The zero-order valence-corrected chi connectivity index (χ0v) is 20.6. The van der Waals surface area contributed by atoms with Crippen molar-refractivity contribution in [1.82, 2.24) is 20.1 Å². The highest BCUT2D eigenvalue weighted by Gasteiger charge is 2.54. The van der Waals surface area contributed by atoms with Crippen molar-refractivity contribution < 1.29 is 19.1 Å². The Morgan fingerprint density at radius 1 is 1.09 bits per heavy atom. The topological polar surface area (TPSA) is 95.3 Å². The number of carbonyl (C=O) groups is 2. The number of hydrogen-bond acceptors (Lipinski definition) is 7. The Morgan fingerprint density at radius 3 is 2.32 bits per heavy atom. The molecule has 9 heteroatoms. The Morgan fingerprint density at radius 2 is 1.74 bits per heavy atom. The van der Waals surface area contributed by atoms with Crippen LogP contribution in [0.1, 0.15) is 51.3 Å². The predicted octanol–water partition coefficient (Wildman–Crippen LogP) is 3.76. The van der Waals surface area contributed by atoms with Gasteiger partial charge in [-0.25, -0.2) is 0 Å². The number of ether oxygens (including phenoxy) is 2. The van der Waals surface area contributed by atoms with Gasteiger partial charge >= 0.3 is 5.97 Å². The third-order valence-corrected chi connectivity index (χ3v) is 8.48. The van der Waals surface area contributed by atoms with Gasteiger partial charge in [-0.05, 0) is 87.5 Å². The molecule has 34 heavy (non-hydrogen) atoms. The fourth-order valence-electron chi connectivity index (χ4n) is 6.56. The summed E-state index contributed by atoms with van der Waals surface area (Å²) in [6.45, 7) is 2.42. The Bertz CT molecular complexity index is 1020. The third kappa shape index (κ3) is 4.54. The lowest BCUT2D eigenvalue weighted by Crippen LogP contribution is -2.53. The number of esters is 1. The van der Waals surface area contributed by atoms with Crippen LogP contribution in [0, 0.1) is 23.2 Å². The Labute approximate surface area is 204 Å². The zero-order valence-electron chi connectivity index (χ0n) is 19.8. The molecular formula is C25H32N4O4S. The van der Waals surface area contributed by atoms with Crippen LogP contribution in [0.2, 0.25) is 0 Å². The Balaban J connectivity index is 1.34. The summed E-state index contributed by atoms with van der Waals surface area (Å²) in [7, 11) is 1.62. The second-order valence-electron chi connectivity index (χ2n) is 9.91. The number of carbonyl (C=O) groups excluding carboxylic acids is 2. The monoisotopic (exact) mass is 484 g/mol. The second kappa shape index (κ2) is 9.60. The number of methoxy groups -OCH3 is 1. The molecule has 1 aromatic heterocycles. The van der Waals surface area contributed by atoms with Crippen molar-refractivity contribution in [2.24, 2.45) is 23.2 Å². The molecule has 4 bridgehead atoms. The first kappa shape index (κ1) is 23.2. The van der Waals surface area contributed by atoms with E-state index in [-0.39, 0.29) is 23.0 Å². The molecule has 1 N–H and O–H groups in total. The lowest BCUT2D eigenvalue weighted by molar-refractivity contribution is -0.146. The molecule has 4 saturated carbocycles. The van der Waals surface area contributed by atoms with Gasteiger partial charge < -0.3 is 14.8 Å². The smallest absolute Gasteiger partial charge is 0.316 e. The maximum absolute atomic E-state index is 13.4. The van der Waals surface area contributed by atoms with Gasteiger partial charge in [0.05, 0.1) is 26.0 Å². The standard InChI is InChI=1S/C25H32N4O4S/c1-3-33-22(30)15-34-24-28-27-21(29(24)19-4-6-20(32-2)7-5-19)14-26-23(31)25-11-16-8-17(12-25)10-18(9-16)13-25/h4-7,16-18H,3,8-15H2,1-2H3,(H,26,31). The van der Waals surface area contributed by atoms with Crippen LogP contribution in [0.15, 0.2) is 29.4 Å². The third-order valence-electron chi connectivity index (χ3n) is 7.58. The van der Waals surface area contributed by atoms with Crippen LogP contribution in [0.5, 0.6) is 5.75 Å². The van der Waals surface area contributed by atoms with Gasteiger partial charge in [0.2, 0.25) is 5.91 Å². The lowest BCUT2D eigenvalue weighted by Gasteiger charge is -2.55. The lowest BCUT2D eigenvalue weighted by atomic mass is 9.49. The van der Waals surface area contributed by atoms with Crippen LogP contribution in [-0.4, -0.2) is 46.1 Å². The van der Waals surface area contributed by atoms with E-state index in [0.29, 0.717) is 41.9 Å². The first-order valence-corrected chi connectivity index (χ1v) is 13.1. The fraction of sp³-hybridized carbons (Fsp3) is 0.600. The van der Waals surface area contributed by atoms with Gasteiger partial charge in [0.15, 0.2) is 11.0 Å². The predicted molar refractivity (Wildman–Crippen MR) is 128 cm³/mol. The highest BCUT2D eigenvalue weighted by atomic mass is 32.2. The minimum atomic E-state index is -0.298. The quantitative estimate of drug-likeness (QED) is 0.428. The van der Waals surface area contributed by atoms with E-state index >= 15 is 0 Å². The van der Waals surface area contributed by atoms with E-state index in [0.717, 1.165) is 30.7 Å². The van der Waals surface area contributed by atoms with E-state index in [9.17, 15) is 9.59 Å². The van der Waals surface area contributed by atoms with Crippen molar-refractivity contribution in [1.29, 1.82) is 0 Å². The molecule has 1 heterocycles. The molecule has 2 aromatic rings. The SMILES string of the molecule is CCOC(=O)CSc1nnc(CNC(=O)C23CC4CC(CC(C4)C2)C3)n1-c1ccc(OC)cc1. The van der Waals surface area contributed by atoms with Crippen LogP contribution >= 0.6 is 11.8 Å². The number of nitrogens with one attached hydrogen (secondary N) is 1. The highest BCUT2D eigenvalue weighted by molar-refractivity contribution is 7.99. The van der Waals surface area contributed by atoms with Crippen molar-refractivity contribution in [3.05, 3.63) is 30.1 Å². The van der Waals surface area contributed by atoms with Gasteiger partial charge in [-0.1, -0.05) is 11.8 Å². The van der Waals surface area contributed by atoms with E-state index < -0.39 is 0 Å². The number of hydrogen-bond donors (Lipinski definition) is 1. The average Bonchev–Trinajstić information content (AvgIpc) is 3.23. The van der Waals surface area contributed by atoms with Crippen molar-refractivity contribution in [3.63, 3.8) is 0 Å². The molecule has 182 valence electrons. The van der Waals surface area contributed by atoms with Crippen molar-refractivity contribution >= 4 is 23.6 Å². The molecule has 6 rings (SSSR count). The summed E-state index contributed by atoms with van der Waals surface area (Å²) < 4.78 is 12.2. The molecule has 0 radical (unpaired) electrons. The molecule has 4 aliphatic carbocycles. The number of nitrogens with zero attached hydrogens (tertiary/aromatic N) is 3. The molecular weight excluding hydrogens is 452 g/mol. The van der Waals surface area contributed by atoms with Crippen LogP contribution in [0.4, 0.5) is 0 Å². The van der Waals surface area contributed by atoms with E-state index in [1.807, 2.05) is 28.8 Å². The van der Waals surface area contributed by atoms with E-state index in [4.69, 9.17) is 9.47 Å². The zero-order chi connectivity index (χ0) is 23.7. The summed E-state index contributed by atoms with van der Waals surface area (Å²) in [6, 6.07) is 7.57. The molecule has 0 aliphatic heterocycles. The molecule has 0 atom stereocenters. The summed E-state index contributed by atoms with van der Waals surface area (Å²) in [5.74, 6) is 3.53. The van der Waals surface area contributed by atoms with Gasteiger partial charge in [0.1, 0.15) is 5.75 Å². The summed E-state index contributed by atoms with van der Waals surface area (Å²) in [6.07, 6.45) is 6.99. The molecule has 0 spiro atoms. The van der Waals surface area contributed by atoms with Crippen molar-refractivity contribution in [2.45, 2.75) is 57.1 Å². The van der Waals surface area contributed by atoms with E-state index in [2.05, 4.69) is 15.5 Å². The summed E-state index contributed by atoms with van der Waals surface area (Å²) >= 11 is 1.27. The minimum Gasteiger partial charge on any atom is -0.497 e. The Kier molecular flexibility index (Phi) is 6.55. The van der Waals surface area contributed by atoms with Gasteiger partial charge in [0, 0.05) is 11.1 Å².